The van der Waals surface area contributed by atoms with Crippen LogP contribution in [-0.4, -0.2) is 19.5 Å². The molecule has 1 aromatic carbocycles. The zero-order valence-electron chi connectivity index (χ0n) is 8.52. The van der Waals surface area contributed by atoms with E-state index in [1.165, 1.54) is 0 Å². The van der Waals surface area contributed by atoms with E-state index in [-0.39, 0.29) is 0 Å². The van der Waals surface area contributed by atoms with Gasteiger partial charge in [0, 0.05) is 0 Å². The first-order valence-electron chi connectivity index (χ1n) is 4.26. The topological polar surface area (TPSA) is 109 Å². The van der Waals surface area contributed by atoms with E-state index in [4.69, 9.17) is 5.11 Å². The maximum Gasteiger partial charge on any atom is 0.416 e. The smallest absolute Gasteiger partial charge is 0.416 e. The summed E-state index contributed by atoms with van der Waals surface area (Å²) in [5, 5.41) is 13.3. The summed E-state index contributed by atoms with van der Waals surface area (Å²) in [6, 6.07) is 1.53. The van der Waals surface area contributed by atoms with Crippen LogP contribution >= 0.6 is 0 Å². The van der Waals surface area contributed by atoms with Crippen LogP contribution in [0.25, 0.3) is 0 Å². The van der Waals surface area contributed by atoms with Gasteiger partial charge in [-0.2, -0.15) is 21.6 Å². The number of carboxylic acids is 1. The Morgan fingerprint density at radius 3 is 2.28 bits per heavy atom. The molecule has 0 aromatic heterocycles. The Labute approximate surface area is 99.4 Å². The van der Waals surface area contributed by atoms with Crippen LogP contribution in [-0.2, 0) is 16.4 Å². The number of aromatic carboxylic acids is 1. The number of hydrogen-bond donors (Lipinski definition) is 3. The minimum absolute atomic E-state index is 0.315. The molecule has 0 aliphatic heterocycles. The minimum Gasteiger partial charge on any atom is -0.478 e. The van der Waals surface area contributed by atoms with Crippen LogP contribution in [0.3, 0.4) is 0 Å². The summed E-state index contributed by atoms with van der Waals surface area (Å²) in [4.78, 5) is 10.7. The van der Waals surface area contributed by atoms with E-state index >= 15 is 0 Å². The number of anilines is 1. The Hall–Kier alpha value is -1.81. The van der Waals surface area contributed by atoms with Gasteiger partial charge < -0.3 is 5.11 Å². The molecule has 1 rings (SSSR count). The van der Waals surface area contributed by atoms with Gasteiger partial charge in [0.25, 0.3) is 10.2 Å². The number of nitrogens with one attached hydrogen (secondary N) is 1. The van der Waals surface area contributed by atoms with Crippen molar-refractivity contribution in [2.45, 2.75) is 6.18 Å². The van der Waals surface area contributed by atoms with E-state index in [1.54, 1.807) is 4.72 Å². The number of nitrogens with two attached hydrogens (primary N) is 1. The molecule has 0 radical (unpaired) electrons. The highest BCUT2D eigenvalue weighted by Gasteiger charge is 2.32. The SMILES string of the molecule is NS(=O)(=O)Nc1ccc(C(F)(F)F)cc1C(=O)O. The monoisotopic (exact) mass is 284 g/mol. The summed E-state index contributed by atoms with van der Waals surface area (Å²) in [7, 11) is -4.28. The van der Waals surface area contributed by atoms with Gasteiger partial charge in [-0.1, -0.05) is 0 Å². The summed E-state index contributed by atoms with van der Waals surface area (Å²) in [5.74, 6) is -1.72. The van der Waals surface area contributed by atoms with Crippen LogP contribution in [0, 0.1) is 0 Å². The van der Waals surface area contributed by atoms with Gasteiger partial charge in [0.1, 0.15) is 0 Å². The van der Waals surface area contributed by atoms with Crippen LogP contribution in [0.5, 0.6) is 0 Å². The van der Waals surface area contributed by atoms with Crippen LogP contribution in [0.4, 0.5) is 18.9 Å². The fraction of sp³-hybridized carbons (Fsp3) is 0.125. The molecule has 100 valence electrons. The highest BCUT2D eigenvalue weighted by molar-refractivity contribution is 7.90. The first-order chi connectivity index (χ1) is 8.00. The Morgan fingerprint density at radius 2 is 1.89 bits per heavy atom. The van der Waals surface area contributed by atoms with Gasteiger partial charge in [-0.15, -0.1) is 0 Å². The number of rotatable bonds is 3. The lowest BCUT2D eigenvalue weighted by molar-refractivity contribution is -0.137. The highest BCUT2D eigenvalue weighted by Crippen LogP contribution is 2.32. The third-order valence-electron chi connectivity index (χ3n) is 1.83. The molecule has 18 heavy (non-hydrogen) atoms. The Balaban J connectivity index is 3.34. The van der Waals surface area contributed by atoms with Crippen molar-refractivity contribution in [1.29, 1.82) is 0 Å². The normalized spacial score (nSPS) is 12.2. The Bertz CT molecular complexity index is 582. The zero-order valence-corrected chi connectivity index (χ0v) is 9.34. The van der Waals surface area contributed by atoms with Crippen LogP contribution in [0.15, 0.2) is 18.2 Å². The first-order valence-corrected chi connectivity index (χ1v) is 5.80. The van der Waals surface area contributed by atoms with Gasteiger partial charge in [-0.3, -0.25) is 4.72 Å². The Kier molecular flexibility index (Phi) is 3.53. The summed E-state index contributed by atoms with van der Waals surface area (Å²) in [6.07, 6.45) is -4.73. The number of carbonyl (C=O) groups is 1. The molecule has 0 heterocycles. The lowest BCUT2D eigenvalue weighted by Gasteiger charge is -2.11. The minimum atomic E-state index is -4.73. The predicted molar refractivity (Wildman–Crippen MR) is 55.1 cm³/mol. The number of halogens is 3. The van der Waals surface area contributed by atoms with Gasteiger partial charge in [0.2, 0.25) is 0 Å². The van der Waals surface area contributed by atoms with E-state index < -0.39 is 39.2 Å². The maximum absolute atomic E-state index is 12.3. The molecule has 0 saturated carbocycles. The van der Waals surface area contributed by atoms with Crippen molar-refractivity contribution in [3.05, 3.63) is 29.3 Å². The summed E-state index contributed by atoms with van der Waals surface area (Å²) in [5.41, 5.74) is -2.60. The quantitative estimate of drug-likeness (QED) is 0.769. The fourth-order valence-electron chi connectivity index (χ4n) is 1.14. The molecular weight excluding hydrogens is 277 g/mol. The van der Waals surface area contributed by atoms with Crippen molar-refractivity contribution in [2.75, 3.05) is 4.72 Å². The summed E-state index contributed by atoms with van der Waals surface area (Å²) >= 11 is 0. The molecule has 6 nitrogen and oxygen atoms in total. The Morgan fingerprint density at radius 1 is 1.33 bits per heavy atom. The molecule has 0 fully saturated rings. The second-order valence-corrected chi connectivity index (χ2v) is 4.50. The average molecular weight is 284 g/mol. The number of benzene rings is 1. The maximum atomic E-state index is 12.3. The van der Waals surface area contributed by atoms with Crippen molar-refractivity contribution in [2.24, 2.45) is 5.14 Å². The molecular formula is C8H7F3N2O4S. The van der Waals surface area contributed by atoms with Crippen LogP contribution < -0.4 is 9.86 Å². The van der Waals surface area contributed by atoms with E-state index in [1.807, 2.05) is 0 Å². The third kappa shape index (κ3) is 3.60. The van der Waals surface area contributed by atoms with Crippen molar-refractivity contribution in [1.82, 2.24) is 0 Å². The molecule has 10 heteroatoms. The zero-order chi connectivity index (χ0) is 14.1. The fourth-order valence-corrected chi connectivity index (χ4v) is 1.62. The van der Waals surface area contributed by atoms with E-state index in [2.05, 4.69) is 5.14 Å². The second kappa shape index (κ2) is 4.46. The van der Waals surface area contributed by atoms with Crippen molar-refractivity contribution >= 4 is 21.9 Å². The van der Waals surface area contributed by atoms with E-state index in [0.29, 0.717) is 18.2 Å². The third-order valence-corrected chi connectivity index (χ3v) is 2.33. The van der Waals surface area contributed by atoms with Crippen molar-refractivity contribution in [3.63, 3.8) is 0 Å². The van der Waals surface area contributed by atoms with Crippen molar-refractivity contribution < 1.29 is 31.5 Å². The van der Waals surface area contributed by atoms with E-state index in [9.17, 15) is 26.4 Å². The molecule has 0 bridgehead atoms. The summed E-state index contributed by atoms with van der Waals surface area (Å²) < 4.78 is 60.1. The lowest BCUT2D eigenvalue weighted by atomic mass is 10.1. The predicted octanol–water partition coefficient (Wildman–Crippen LogP) is 1.02. The molecule has 0 atom stereocenters. The van der Waals surface area contributed by atoms with Crippen molar-refractivity contribution in [3.8, 4) is 0 Å². The highest BCUT2D eigenvalue weighted by atomic mass is 32.2. The van der Waals surface area contributed by atoms with Gasteiger partial charge in [-0.25, -0.2) is 9.93 Å². The molecule has 0 saturated heterocycles. The van der Waals surface area contributed by atoms with Crippen LogP contribution in [0.1, 0.15) is 15.9 Å². The van der Waals surface area contributed by atoms with Crippen LogP contribution in [0.2, 0.25) is 0 Å². The second-order valence-electron chi connectivity index (χ2n) is 3.21. The molecule has 0 amide bonds. The molecule has 1 aromatic rings. The van der Waals surface area contributed by atoms with Gasteiger partial charge in [0.05, 0.1) is 16.8 Å². The lowest BCUT2D eigenvalue weighted by Crippen LogP contribution is -2.23. The largest absolute Gasteiger partial charge is 0.478 e. The van der Waals surface area contributed by atoms with Gasteiger partial charge in [-0.05, 0) is 18.2 Å². The number of hydrogen-bond acceptors (Lipinski definition) is 3. The van der Waals surface area contributed by atoms with E-state index in [0.717, 1.165) is 0 Å². The average Bonchev–Trinajstić information content (AvgIpc) is 2.13. The molecule has 0 aliphatic carbocycles. The number of alkyl halides is 3. The molecule has 0 spiro atoms. The standard InChI is InChI=1S/C8H7F3N2O4S/c9-8(10,11)4-1-2-6(13-18(12,16)17)5(3-4)7(14)15/h1-3,13H,(H,14,15)(H2,12,16,17). The van der Waals surface area contributed by atoms with Gasteiger partial charge in [0.15, 0.2) is 0 Å². The first kappa shape index (κ1) is 14.3. The summed E-state index contributed by atoms with van der Waals surface area (Å²) in [6.45, 7) is 0. The van der Waals surface area contributed by atoms with Gasteiger partial charge >= 0.3 is 12.1 Å². The molecule has 0 unspecified atom stereocenters. The molecule has 0 aliphatic rings. The number of carboxylic acid groups (broad SMARTS) is 1. The molecule has 4 N–H and O–H groups in total.